The van der Waals surface area contributed by atoms with Gasteiger partial charge >= 0.3 is 6.18 Å². The van der Waals surface area contributed by atoms with Gasteiger partial charge in [-0.25, -0.2) is 18.4 Å². The highest BCUT2D eigenvalue weighted by Gasteiger charge is 2.36. The van der Waals surface area contributed by atoms with Crippen LogP contribution in [0.5, 0.6) is 0 Å². The number of hydrogen-bond acceptors (Lipinski definition) is 8. The Balaban J connectivity index is 1.63. The molecule has 1 atom stereocenters. The van der Waals surface area contributed by atoms with Gasteiger partial charge in [0.15, 0.2) is 9.84 Å². The Hall–Kier alpha value is -2.41. The first-order valence-corrected chi connectivity index (χ1v) is 13.7. The Morgan fingerprint density at radius 1 is 1.26 bits per heavy atom. The molecule has 13 heteroatoms. The number of nitrogens with one attached hydrogen (secondary N) is 1. The van der Waals surface area contributed by atoms with Crippen LogP contribution < -0.4 is 10.2 Å². The zero-order valence-electron chi connectivity index (χ0n) is 19.1. The van der Waals surface area contributed by atoms with Crippen LogP contribution in [0.3, 0.4) is 0 Å². The third-order valence-corrected chi connectivity index (χ3v) is 8.28. The number of likely N-dealkylation sites (N-methyl/N-ethyl adjacent to an activating group) is 1. The summed E-state index contributed by atoms with van der Waals surface area (Å²) in [5.74, 6) is -0.0919. The third kappa shape index (κ3) is 5.71. The maximum atomic E-state index is 13.6. The molecule has 35 heavy (non-hydrogen) atoms. The van der Waals surface area contributed by atoms with Gasteiger partial charge in [0, 0.05) is 42.7 Å². The molecular weight excluding hydrogens is 523 g/mol. The lowest BCUT2D eigenvalue weighted by atomic mass is 10.2. The van der Waals surface area contributed by atoms with Gasteiger partial charge in [-0.1, -0.05) is 11.6 Å². The minimum Gasteiger partial charge on any atom is -0.370 e. The summed E-state index contributed by atoms with van der Waals surface area (Å²) in [5, 5.41) is 4.54. The van der Waals surface area contributed by atoms with Crippen molar-refractivity contribution in [2.75, 3.05) is 43.7 Å². The zero-order chi connectivity index (χ0) is 25.5. The Morgan fingerprint density at radius 2 is 2.00 bits per heavy atom. The molecule has 0 amide bonds. The molecule has 1 aliphatic rings. The maximum Gasteiger partial charge on any atom is 0.420 e. The highest BCUT2D eigenvalue weighted by molar-refractivity contribution is 7.90. The second-order valence-electron chi connectivity index (χ2n) is 8.51. The van der Waals surface area contributed by atoms with E-state index in [1.54, 1.807) is 12.1 Å². The van der Waals surface area contributed by atoms with E-state index in [1.807, 2.05) is 20.2 Å². The van der Waals surface area contributed by atoms with Gasteiger partial charge in [0.05, 0.1) is 26.2 Å². The van der Waals surface area contributed by atoms with Gasteiger partial charge in [-0.15, -0.1) is 11.3 Å². The third-order valence-electron chi connectivity index (χ3n) is 5.79. The molecule has 0 aliphatic carbocycles. The Bertz CT molecular complexity index is 1350. The number of sulfone groups is 1. The average Bonchev–Trinajstić information content (AvgIpc) is 3.44. The highest BCUT2D eigenvalue weighted by atomic mass is 35.5. The van der Waals surface area contributed by atoms with Crippen LogP contribution in [-0.2, 0) is 16.0 Å². The number of benzene rings is 1. The number of halogens is 4. The van der Waals surface area contributed by atoms with Crippen LogP contribution >= 0.6 is 22.9 Å². The largest absolute Gasteiger partial charge is 0.420 e. The first kappa shape index (κ1) is 25.7. The maximum absolute atomic E-state index is 13.6. The molecule has 2 aromatic heterocycles. The molecule has 188 valence electrons. The van der Waals surface area contributed by atoms with Crippen molar-refractivity contribution in [1.29, 1.82) is 0 Å². The molecule has 7 nitrogen and oxygen atoms in total. The molecule has 1 fully saturated rings. The zero-order valence-corrected chi connectivity index (χ0v) is 21.5. The van der Waals surface area contributed by atoms with E-state index in [2.05, 4.69) is 25.1 Å². The average molecular weight is 546 g/mol. The Kier molecular flexibility index (Phi) is 7.02. The van der Waals surface area contributed by atoms with Gasteiger partial charge in [-0.3, -0.25) is 0 Å². The minimum absolute atomic E-state index is 0.0640. The second kappa shape index (κ2) is 9.57. The molecule has 0 spiro atoms. The van der Waals surface area contributed by atoms with Gasteiger partial charge in [0.25, 0.3) is 0 Å². The van der Waals surface area contributed by atoms with E-state index in [0.29, 0.717) is 22.9 Å². The highest BCUT2D eigenvalue weighted by Crippen LogP contribution is 2.39. The van der Waals surface area contributed by atoms with Crippen molar-refractivity contribution in [2.24, 2.45) is 0 Å². The second-order valence-corrected chi connectivity index (χ2v) is 11.8. The Labute approximate surface area is 210 Å². The summed E-state index contributed by atoms with van der Waals surface area (Å²) in [6, 6.07) is 7.04. The predicted octanol–water partition coefficient (Wildman–Crippen LogP) is 5.16. The van der Waals surface area contributed by atoms with Crippen LogP contribution in [0.15, 0.2) is 40.7 Å². The summed E-state index contributed by atoms with van der Waals surface area (Å²) in [6.07, 6.45) is -2.01. The summed E-state index contributed by atoms with van der Waals surface area (Å²) in [7, 11) is 0.516. The van der Waals surface area contributed by atoms with Crippen molar-refractivity contribution >= 4 is 50.1 Å². The van der Waals surface area contributed by atoms with Crippen molar-refractivity contribution < 1.29 is 21.6 Å². The number of thiophene rings is 1. The number of alkyl halides is 3. The number of anilines is 3. The molecule has 1 saturated heterocycles. The van der Waals surface area contributed by atoms with Crippen molar-refractivity contribution in [3.05, 3.63) is 46.4 Å². The van der Waals surface area contributed by atoms with Gasteiger partial charge in [-0.05, 0) is 44.8 Å². The number of hydrogen-bond donors (Lipinski definition) is 1. The summed E-state index contributed by atoms with van der Waals surface area (Å²) in [4.78, 5) is 12.3. The Morgan fingerprint density at radius 3 is 2.57 bits per heavy atom. The van der Waals surface area contributed by atoms with E-state index in [-0.39, 0.29) is 15.7 Å². The van der Waals surface area contributed by atoms with E-state index in [0.717, 1.165) is 42.8 Å². The van der Waals surface area contributed by atoms with Gasteiger partial charge in [0.2, 0.25) is 5.95 Å². The molecule has 1 aliphatic heterocycles. The quantitative estimate of drug-likeness (QED) is 0.458. The molecule has 3 aromatic rings. The monoisotopic (exact) mass is 545 g/mol. The fraction of sp³-hybridized carbons (Fsp3) is 0.364. The lowest BCUT2D eigenvalue weighted by molar-refractivity contribution is -0.137. The first-order valence-electron chi connectivity index (χ1n) is 10.5. The van der Waals surface area contributed by atoms with Gasteiger partial charge in [-0.2, -0.15) is 13.2 Å². The topological polar surface area (TPSA) is 78.4 Å². The lowest BCUT2D eigenvalue weighted by Gasteiger charge is -2.22. The molecule has 3 heterocycles. The van der Waals surface area contributed by atoms with E-state index < -0.39 is 27.3 Å². The van der Waals surface area contributed by atoms with Crippen LogP contribution in [0.2, 0.25) is 5.02 Å². The summed E-state index contributed by atoms with van der Waals surface area (Å²) >= 11 is 7.33. The standard InChI is InChI=1S/C22H23ClF3N5O2S2/c1-30(2)14-6-7-31(11-14)13-4-5-18(17(23)8-13)28-21-27-10-16(22(24,25)26)20(29-21)19-9-15(12-34-19)35(3,32)33/h4-5,8-10,12,14H,6-7,11H2,1-3H3,(H,27,28,29)/t14-/m0/s1. The molecule has 1 aromatic carbocycles. The van der Waals surface area contributed by atoms with Crippen LogP contribution in [0.1, 0.15) is 12.0 Å². The summed E-state index contributed by atoms with van der Waals surface area (Å²) in [6.45, 7) is 1.77. The number of aromatic nitrogens is 2. The summed E-state index contributed by atoms with van der Waals surface area (Å²) < 4.78 is 64.5. The molecule has 0 saturated carbocycles. The van der Waals surface area contributed by atoms with Crippen LogP contribution in [-0.4, -0.2) is 62.8 Å². The van der Waals surface area contributed by atoms with Gasteiger partial charge < -0.3 is 15.1 Å². The van der Waals surface area contributed by atoms with Crippen molar-refractivity contribution in [3.8, 4) is 10.6 Å². The van der Waals surface area contributed by atoms with E-state index in [4.69, 9.17) is 11.6 Å². The summed E-state index contributed by atoms with van der Waals surface area (Å²) in [5.41, 5.74) is -0.0800. The molecular formula is C22H23ClF3N5O2S2. The molecule has 4 rings (SSSR count). The predicted molar refractivity (Wildman–Crippen MR) is 132 cm³/mol. The van der Waals surface area contributed by atoms with Gasteiger partial charge in [0.1, 0.15) is 5.56 Å². The van der Waals surface area contributed by atoms with E-state index >= 15 is 0 Å². The van der Waals surface area contributed by atoms with Crippen LogP contribution in [0.4, 0.5) is 30.5 Å². The van der Waals surface area contributed by atoms with E-state index in [9.17, 15) is 21.6 Å². The van der Waals surface area contributed by atoms with Crippen LogP contribution in [0, 0.1) is 0 Å². The van der Waals surface area contributed by atoms with Crippen molar-refractivity contribution in [3.63, 3.8) is 0 Å². The molecule has 0 unspecified atom stereocenters. The number of nitrogens with zero attached hydrogens (tertiary/aromatic N) is 4. The first-order chi connectivity index (χ1) is 16.3. The van der Waals surface area contributed by atoms with E-state index in [1.165, 1.54) is 11.4 Å². The normalized spacial score (nSPS) is 16.8. The molecule has 0 radical (unpaired) electrons. The number of rotatable bonds is 6. The van der Waals surface area contributed by atoms with Crippen LogP contribution in [0.25, 0.3) is 10.6 Å². The fourth-order valence-electron chi connectivity index (χ4n) is 3.80. The minimum atomic E-state index is -4.72. The SMILES string of the molecule is CN(C)[C@H]1CCN(c2ccc(Nc3ncc(C(F)(F)F)c(-c4cc(S(C)(=O)=O)cs4)n3)c(Cl)c2)C1. The fourth-order valence-corrected chi connectivity index (χ4v) is 6.04. The smallest absolute Gasteiger partial charge is 0.370 e. The van der Waals surface area contributed by atoms with Crippen molar-refractivity contribution in [1.82, 2.24) is 14.9 Å². The molecule has 0 bridgehead atoms. The van der Waals surface area contributed by atoms with Crippen molar-refractivity contribution in [2.45, 2.75) is 23.5 Å². The molecule has 1 N–H and O–H groups in total. The lowest BCUT2D eigenvalue weighted by Crippen LogP contribution is -2.31.